The highest BCUT2D eigenvalue weighted by Gasteiger charge is 2.37. The predicted molar refractivity (Wildman–Crippen MR) is 111 cm³/mol. The molecule has 1 aromatic carbocycles. The highest BCUT2D eigenvalue weighted by Crippen LogP contribution is 2.32. The lowest BCUT2D eigenvalue weighted by molar-refractivity contribution is -0.142. The third-order valence-corrected chi connectivity index (χ3v) is 4.74. The molecular weight excluding hydrogens is 368 g/mol. The number of nitrogens with zero attached hydrogens (tertiary/aromatic N) is 2. The SMILES string of the molecule is C=CCOc1ccc(/C=C2/C(=O)N(C(C)CC)C(=O)C(C#N)=C2C)cc1OCC. The maximum Gasteiger partial charge on any atom is 0.271 e. The van der Waals surface area contributed by atoms with Crippen molar-refractivity contribution in [2.45, 2.75) is 40.2 Å². The van der Waals surface area contributed by atoms with Crippen LogP contribution in [0.15, 0.2) is 47.6 Å². The van der Waals surface area contributed by atoms with Gasteiger partial charge < -0.3 is 9.47 Å². The van der Waals surface area contributed by atoms with E-state index in [0.29, 0.717) is 47.8 Å². The minimum absolute atomic E-state index is 0.00730. The molecule has 2 amide bonds. The summed E-state index contributed by atoms with van der Waals surface area (Å²) in [6, 6.07) is 6.98. The molecule has 1 aliphatic rings. The predicted octanol–water partition coefficient (Wildman–Crippen LogP) is 4.04. The number of nitriles is 1. The van der Waals surface area contributed by atoms with Gasteiger partial charge in [-0.1, -0.05) is 25.6 Å². The van der Waals surface area contributed by atoms with E-state index in [-0.39, 0.29) is 11.6 Å². The van der Waals surface area contributed by atoms with Crippen molar-refractivity contribution in [3.05, 3.63) is 53.1 Å². The van der Waals surface area contributed by atoms with E-state index in [1.165, 1.54) is 4.90 Å². The van der Waals surface area contributed by atoms with Crippen molar-refractivity contribution in [2.24, 2.45) is 0 Å². The van der Waals surface area contributed by atoms with Gasteiger partial charge in [0.1, 0.15) is 18.2 Å². The van der Waals surface area contributed by atoms with Gasteiger partial charge in [0.15, 0.2) is 11.5 Å². The van der Waals surface area contributed by atoms with Gasteiger partial charge in [-0.3, -0.25) is 14.5 Å². The molecule has 0 saturated carbocycles. The average molecular weight is 394 g/mol. The molecule has 0 aromatic heterocycles. The van der Waals surface area contributed by atoms with E-state index in [9.17, 15) is 14.9 Å². The fourth-order valence-corrected chi connectivity index (χ4v) is 3.00. The molecule has 0 bridgehead atoms. The van der Waals surface area contributed by atoms with Crippen molar-refractivity contribution in [1.29, 1.82) is 5.26 Å². The standard InChI is InChI=1S/C23H26N2O4/c1-6-11-29-20-10-9-17(13-21(20)28-8-3)12-18-16(5)19(14-24)23(27)25(22(18)26)15(4)7-2/h6,9-10,12-13,15H,1,7-8,11H2,2-5H3/b18-12+. The normalized spacial score (nSPS) is 16.7. The van der Waals surface area contributed by atoms with Gasteiger partial charge in [0.05, 0.1) is 6.61 Å². The Morgan fingerprint density at radius 1 is 1.21 bits per heavy atom. The van der Waals surface area contributed by atoms with Gasteiger partial charge in [0.25, 0.3) is 11.8 Å². The van der Waals surface area contributed by atoms with Gasteiger partial charge in [-0.15, -0.1) is 0 Å². The van der Waals surface area contributed by atoms with E-state index in [1.807, 2.05) is 19.9 Å². The van der Waals surface area contributed by atoms with E-state index in [2.05, 4.69) is 6.58 Å². The second-order valence-corrected chi connectivity index (χ2v) is 6.65. The summed E-state index contributed by atoms with van der Waals surface area (Å²) < 4.78 is 11.3. The second-order valence-electron chi connectivity index (χ2n) is 6.65. The Balaban J connectivity index is 2.55. The van der Waals surface area contributed by atoms with Crippen molar-refractivity contribution >= 4 is 17.9 Å². The largest absolute Gasteiger partial charge is 0.490 e. The zero-order valence-corrected chi connectivity index (χ0v) is 17.3. The third kappa shape index (κ3) is 4.57. The Kier molecular flexibility index (Phi) is 7.38. The monoisotopic (exact) mass is 394 g/mol. The third-order valence-electron chi connectivity index (χ3n) is 4.74. The van der Waals surface area contributed by atoms with Gasteiger partial charge in [-0.25, -0.2) is 0 Å². The maximum absolute atomic E-state index is 13.1. The molecule has 1 atom stereocenters. The average Bonchev–Trinajstić information content (AvgIpc) is 2.71. The lowest BCUT2D eigenvalue weighted by Crippen LogP contribution is -2.47. The summed E-state index contributed by atoms with van der Waals surface area (Å²) in [4.78, 5) is 26.8. The van der Waals surface area contributed by atoms with Gasteiger partial charge in [0.2, 0.25) is 0 Å². The molecule has 0 N–H and O–H groups in total. The number of amides is 2. The number of benzene rings is 1. The molecule has 0 radical (unpaired) electrons. The molecule has 1 aliphatic heterocycles. The highest BCUT2D eigenvalue weighted by molar-refractivity contribution is 6.19. The molecule has 29 heavy (non-hydrogen) atoms. The molecule has 1 unspecified atom stereocenters. The number of carbonyl (C=O) groups is 2. The quantitative estimate of drug-likeness (QED) is 0.378. The van der Waals surface area contributed by atoms with E-state index < -0.39 is 11.8 Å². The molecular formula is C23H26N2O4. The number of hydrogen-bond acceptors (Lipinski definition) is 5. The van der Waals surface area contributed by atoms with Gasteiger partial charge in [-0.05, 0) is 56.5 Å². The van der Waals surface area contributed by atoms with Crippen LogP contribution in [0.5, 0.6) is 11.5 Å². The van der Waals surface area contributed by atoms with Gasteiger partial charge in [-0.2, -0.15) is 5.26 Å². The van der Waals surface area contributed by atoms with Crippen LogP contribution in [0.4, 0.5) is 0 Å². The summed E-state index contributed by atoms with van der Waals surface area (Å²) in [5.41, 5.74) is 1.40. The zero-order valence-electron chi connectivity index (χ0n) is 17.3. The smallest absolute Gasteiger partial charge is 0.271 e. The van der Waals surface area contributed by atoms with Crippen LogP contribution in [0.3, 0.4) is 0 Å². The second kappa shape index (κ2) is 9.74. The Morgan fingerprint density at radius 3 is 2.52 bits per heavy atom. The van der Waals surface area contributed by atoms with Gasteiger partial charge in [0, 0.05) is 11.6 Å². The summed E-state index contributed by atoms with van der Waals surface area (Å²) in [5, 5.41) is 9.47. The number of carbonyl (C=O) groups excluding carboxylic acids is 2. The molecule has 1 heterocycles. The molecule has 6 heteroatoms. The first-order chi connectivity index (χ1) is 13.9. The van der Waals surface area contributed by atoms with E-state index in [4.69, 9.17) is 9.47 Å². The summed E-state index contributed by atoms with van der Waals surface area (Å²) in [7, 11) is 0. The minimum Gasteiger partial charge on any atom is -0.490 e. The Morgan fingerprint density at radius 2 is 1.93 bits per heavy atom. The van der Waals surface area contributed by atoms with Crippen molar-refractivity contribution in [2.75, 3.05) is 13.2 Å². The van der Waals surface area contributed by atoms with Crippen LogP contribution in [0.1, 0.15) is 39.7 Å². The van der Waals surface area contributed by atoms with Crippen molar-refractivity contribution < 1.29 is 19.1 Å². The summed E-state index contributed by atoms with van der Waals surface area (Å²) >= 11 is 0. The van der Waals surface area contributed by atoms with E-state index >= 15 is 0 Å². The lowest BCUT2D eigenvalue weighted by atomic mass is 9.92. The Labute approximate surface area is 171 Å². The van der Waals surface area contributed by atoms with Crippen molar-refractivity contribution in [3.63, 3.8) is 0 Å². The van der Waals surface area contributed by atoms with Crippen LogP contribution in [0, 0.1) is 11.3 Å². The Hall–Kier alpha value is -3.33. The van der Waals surface area contributed by atoms with E-state index in [0.717, 1.165) is 0 Å². The Bertz CT molecular complexity index is 921. The number of ether oxygens (including phenoxy) is 2. The first kappa shape index (κ1) is 22.0. The fraction of sp³-hybridized carbons (Fsp3) is 0.348. The highest BCUT2D eigenvalue weighted by atomic mass is 16.5. The molecule has 0 saturated heterocycles. The molecule has 0 spiro atoms. The first-order valence-electron chi connectivity index (χ1n) is 9.60. The summed E-state index contributed by atoms with van der Waals surface area (Å²) in [6.07, 6.45) is 3.92. The minimum atomic E-state index is -0.537. The van der Waals surface area contributed by atoms with Crippen LogP contribution < -0.4 is 9.47 Å². The maximum atomic E-state index is 13.1. The number of imide groups is 1. The zero-order chi connectivity index (χ0) is 21.6. The molecule has 1 aromatic rings. The molecule has 152 valence electrons. The van der Waals surface area contributed by atoms with Crippen LogP contribution >= 0.6 is 0 Å². The molecule has 0 fully saturated rings. The number of hydrogen-bond donors (Lipinski definition) is 0. The topological polar surface area (TPSA) is 79.6 Å². The van der Waals surface area contributed by atoms with Crippen LogP contribution in [0.25, 0.3) is 6.08 Å². The van der Waals surface area contributed by atoms with Crippen LogP contribution in [0.2, 0.25) is 0 Å². The van der Waals surface area contributed by atoms with Crippen molar-refractivity contribution in [1.82, 2.24) is 4.90 Å². The molecule has 6 nitrogen and oxygen atoms in total. The summed E-state index contributed by atoms with van der Waals surface area (Å²) in [5.74, 6) is 0.185. The van der Waals surface area contributed by atoms with Crippen molar-refractivity contribution in [3.8, 4) is 17.6 Å². The van der Waals surface area contributed by atoms with Crippen LogP contribution in [-0.2, 0) is 9.59 Å². The van der Waals surface area contributed by atoms with E-state index in [1.54, 1.807) is 44.2 Å². The lowest BCUT2D eigenvalue weighted by Gasteiger charge is -2.31. The fourth-order valence-electron chi connectivity index (χ4n) is 3.00. The number of rotatable bonds is 8. The van der Waals surface area contributed by atoms with Gasteiger partial charge >= 0.3 is 0 Å². The summed E-state index contributed by atoms with van der Waals surface area (Å²) in [6.45, 7) is 11.6. The molecule has 0 aliphatic carbocycles. The molecule has 2 rings (SSSR count). The van der Waals surface area contributed by atoms with Crippen LogP contribution in [-0.4, -0.2) is 36.0 Å². The first-order valence-corrected chi connectivity index (χ1v) is 9.60.